The first-order chi connectivity index (χ1) is 9.11. The number of aliphatic hydroxyl groups excluding tert-OH is 1. The minimum atomic E-state index is -0.239. The number of rotatable bonds is 2. The second kappa shape index (κ2) is 5.04. The summed E-state index contributed by atoms with van der Waals surface area (Å²) in [7, 11) is 0. The highest BCUT2D eigenvalue weighted by Crippen LogP contribution is 2.41. The van der Waals surface area contributed by atoms with E-state index in [4.69, 9.17) is 5.73 Å². The van der Waals surface area contributed by atoms with Gasteiger partial charge in [0.2, 0.25) is 0 Å². The van der Waals surface area contributed by atoms with Gasteiger partial charge in [-0.25, -0.2) is 4.39 Å². The number of anilines is 1. The van der Waals surface area contributed by atoms with Crippen LogP contribution < -0.4 is 10.6 Å². The predicted octanol–water partition coefficient (Wildman–Crippen LogP) is 2.25. The van der Waals surface area contributed by atoms with Crippen LogP contribution in [0.5, 0.6) is 0 Å². The Morgan fingerprint density at radius 1 is 1.37 bits per heavy atom. The Balaban J connectivity index is 1.86. The summed E-state index contributed by atoms with van der Waals surface area (Å²) in [4.78, 5) is 2.05. The number of hydrogen-bond acceptors (Lipinski definition) is 3. The molecule has 3 unspecified atom stereocenters. The van der Waals surface area contributed by atoms with Crippen molar-refractivity contribution in [3.63, 3.8) is 0 Å². The van der Waals surface area contributed by atoms with Gasteiger partial charge < -0.3 is 15.7 Å². The van der Waals surface area contributed by atoms with Crippen molar-refractivity contribution < 1.29 is 9.50 Å². The van der Waals surface area contributed by atoms with Crippen LogP contribution in [-0.2, 0) is 6.54 Å². The molecule has 2 fully saturated rings. The lowest BCUT2D eigenvalue weighted by Gasteiger charge is -2.22. The highest BCUT2D eigenvalue weighted by Gasteiger charge is 2.42. The van der Waals surface area contributed by atoms with Gasteiger partial charge >= 0.3 is 0 Å². The fourth-order valence-electron chi connectivity index (χ4n) is 3.41. The maximum Gasteiger partial charge on any atom is 0.160 e. The van der Waals surface area contributed by atoms with Crippen LogP contribution in [0.25, 0.3) is 0 Å². The summed E-state index contributed by atoms with van der Waals surface area (Å²) in [5.74, 6) is 0.562. The van der Waals surface area contributed by atoms with Gasteiger partial charge in [-0.2, -0.15) is 0 Å². The molecular weight excluding hydrogens is 311 g/mol. The number of hydrogen-bond donors (Lipinski definition) is 2. The van der Waals surface area contributed by atoms with Crippen LogP contribution in [0, 0.1) is 17.7 Å². The molecule has 5 heteroatoms. The van der Waals surface area contributed by atoms with E-state index in [-0.39, 0.29) is 11.9 Å². The minimum Gasteiger partial charge on any atom is -0.393 e. The van der Waals surface area contributed by atoms with E-state index in [2.05, 4.69) is 20.8 Å². The number of nitrogens with two attached hydrogens (primary N) is 1. The molecule has 1 saturated heterocycles. The quantitative estimate of drug-likeness (QED) is 0.875. The summed E-state index contributed by atoms with van der Waals surface area (Å²) < 4.78 is 14.8. The van der Waals surface area contributed by atoms with E-state index >= 15 is 0 Å². The van der Waals surface area contributed by atoms with Crippen molar-refractivity contribution in [1.29, 1.82) is 0 Å². The molecule has 3 N–H and O–H groups in total. The van der Waals surface area contributed by atoms with Crippen molar-refractivity contribution in [1.82, 2.24) is 0 Å². The van der Waals surface area contributed by atoms with Gasteiger partial charge in [0.05, 0.1) is 16.3 Å². The van der Waals surface area contributed by atoms with E-state index in [1.807, 2.05) is 6.07 Å². The SMILES string of the molecule is NCc1ccc(N2CC3CCC(O)C3C2)c(F)c1Br. The topological polar surface area (TPSA) is 49.5 Å². The Morgan fingerprint density at radius 2 is 2.16 bits per heavy atom. The van der Waals surface area contributed by atoms with Crippen LogP contribution in [0.2, 0.25) is 0 Å². The Bertz CT molecular complexity index is 497. The third-order valence-corrected chi connectivity index (χ3v) is 5.38. The molecule has 1 aromatic carbocycles. The van der Waals surface area contributed by atoms with Gasteiger partial charge in [0.15, 0.2) is 5.82 Å². The third-order valence-electron chi connectivity index (χ3n) is 4.52. The molecule has 0 aromatic heterocycles. The molecule has 3 atom stereocenters. The Morgan fingerprint density at radius 3 is 2.84 bits per heavy atom. The van der Waals surface area contributed by atoms with Crippen LogP contribution in [0.4, 0.5) is 10.1 Å². The van der Waals surface area contributed by atoms with Gasteiger partial charge in [-0.3, -0.25) is 0 Å². The molecule has 3 nitrogen and oxygen atoms in total. The fraction of sp³-hybridized carbons (Fsp3) is 0.571. The first kappa shape index (κ1) is 13.3. The highest BCUT2D eigenvalue weighted by molar-refractivity contribution is 9.10. The Kier molecular flexibility index (Phi) is 3.53. The van der Waals surface area contributed by atoms with E-state index < -0.39 is 0 Å². The standard InChI is InChI=1S/C14H18BrFN2O/c15-13-8(5-17)1-3-11(14(13)16)18-6-9-2-4-12(19)10(9)7-18/h1,3,9-10,12,19H,2,4-7,17H2. The number of fused-ring (bicyclic) bond motifs is 1. The largest absolute Gasteiger partial charge is 0.393 e. The zero-order chi connectivity index (χ0) is 13.6. The number of benzene rings is 1. The number of halogens is 2. The molecule has 1 saturated carbocycles. The second-order valence-electron chi connectivity index (χ2n) is 5.55. The van der Waals surface area contributed by atoms with Crippen molar-refractivity contribution in [2.75, 3.05) is 18.0 Å². The van der Waals surface area contributed by atoms with Gasteiger partial charge in [-0.1, -0.05) is 6.07 Å². The number of aliphatic hydroxyl groups is 1. The van der Waals surface area contributed by atoms with E-state index in [1.54, 1.807) is 6.07 Å². The maximum absolute atomic E-state index is 14.4. The molecule has 1 aliphatic heterocycles. The van der Waals surface area contributed by atoms with Gasteiger partial charge in [-0.05, 0) is 46.3 Å². The van der Waals surface area contributed by atoms with Crippen LogP contribution in [0.15, 0.2) is 16.6 Å². The molecule has 1 aromatic rings. The van der Waals surface area contributed by atoms with Crippen molar-refractivity contribution in [3.8, 4) is 0 Å². The van der Waals surface area contributed by atoms with E-state index in [9.17, 15) is 9.50 Å². The summed E-state index contributed by atoms with van der Waals surface area (Å²) in [6.07, 6.45) is 1.72. The molecule has 0 bridgehead atoms. The average Bonchev–Trinajstić information content (AvgIpc) is 2.95. The molecule has 0 radical (unpaired) electrons. The molecule has 0 amide bonds. The Labute approximate surface area is 120 Å². The summed E-state index contributed by atoms with van der Waals surface area (Å²) in [5, 5.41) is 9.92. The Hall–Kier alpha value is -0.650. The fourth-order valence-corrected chi connectivity index (χ4v) is 3.91. The smallest absolute Gasteiger partial charge is 0.160 e. The number of nitrogens with zero attached hydrogens (tertiary/aromatic N) is 1. The van der Waals surface area contributed by atoms with Gasteiger partial charge in [0.1, 0.15) is 0 Å². The van der Waals surface area contributed by atoms with Crippen LogP contribution >= 0.6 is 15.9 Å². The van der Waals surface area contributed by atoms with Crippen molar-refractivity contribution >= 4 is 21.6 Å². The van der Waals surface area contributed by atoms with Crippen molar-refractivity contribution in [2.24, 2.45) is 17.6 Å². The van der Waals surface area contributed by atoms with Gasteiger partial charge in [0.25, 0.3) is 0 Å². The van der Waals surface area contributed by atoms with E-state index in [0.29, 0.717) is 28.5 Å². The molecule has 1 heterocycles. The van der Waals surface area contributed by atoms with E-state index in [1.165, 1.54) is 0 Å². The molecule has 0 spiro atoms. The monoisotopic (exact) mass is 328 g/mol. The molecule has 2 aliphatic rings. The lowest BCUT2D eigenvalue weighted by atomic mass is 10.00. The summed E-state index contributed by atoms with van der Waals surface area (Å²) >= 11 is 3.28. The lowest BCUT2D eigenvalue weighted by Crippen LogP contribution is -2.25. The maximum atomic E-state index is 14.4. The first-order valence-corrected chi connectivity index (χ1v) is 7.51. The molecule has 104 valence electrons. The summed E-state index contributed by atoms with van der Waals surface area (Å²) in [5.41, 5.74) is 6.97. The predicted molar refractivity (Wildman–Crippen MR) is 76.4 cm³/mol. The molecule has 1 aliphatic carbocycles. The van der Waals surface area contributed by atoms with Gasteiger partial charge in [-0.15, -0.1) is 0 Å². The minimum absolute atomic E-state index is 0.218. The summed E-state index contributed by atoms with van der Waals surface area (Å²) in [6.45, 7) is 1.91. The van der Waals surface area contributed by atoms with Crippen molar-refractivity contribution in [3.05, 3.63) is 28.0 Å². The third kappa shape index (κ3) is 2.18. The zero-order valence-corrected chi connectivity index (χ0v) is 12.2. The van der Waals surface area contributed by atoms with E-state index in [0.717, 1.165) is 31.5 Å². The highest BCUT2D eigenvalue weighted by atomic mass is 79.9. The second-order valence-corrected chi connectivity index (χ2v) is 6.34. The molecular formula is C14H18BrFN2O. The van der Waals surface area contributed by atoms with Crippen molar-refractivity contribution in [2.45, 2.75) is 25.5 Å². The zero-order valence-electron chi connectivity index (χ0n) is 10.6. The van der Waals surface area contributed by atoms with Crippen LogP contribution in [0.3, 0.4) is 0 Å². The van der Waals surface area contributed by atoms with Gasteiger partial charge in [0, 0.05) is 25.6 Å². The van der Waals surface area contributed by atoms with Crippen LogP contribution in [0.1, 0.15) is 18.4 Å². The average molecular weight is 329 g/mol. The summed E-state index contributed by atoms with van der Waals surface area (Å²) in [6, 6.07) is 3.67. The molecule has 19 heavy (non-hydrogen) atoms. The first-order valence-electron chi connectivity index (χ1n) is 6.71. The van der Waals surface area contributed by atoms with Crippen LogP contribution in [-0.4, -0.2) is 24.3 Å². The molecule has 3 rings (SSSR count). The lowest BCUT2D eigenvalue weighted by molar-refractivity contribution is 0.133. The normalized spacial score (nSPS) is 29.9.